The molecule has 2 rings (SSSR count). The zero-order valence-corrected chi connectivity index (χ0v) is 13.5. The van der Waals surface area contributed by atoms with Crippen molar-refractivity contribution in [2.75, 3.05) is 5.32 Å². The van der Waals surface area contributed by atoms with Crippen molar-refractivity contribution in [1.29, 1.82) is 0 Å². The van der Waals surface area contributed by atoms with Crippen molar-refractivity contribution in [3.05, 3.63) is 56.6 Å². The van der Waals surface area contributed by atoms with Crippen molar-refractivity contribution in [3.8, 4) is 5.75 Å². The van der Waals surface area contributed by atoms with Crippen LogP contribution in [0.4, 0.5) is 18.9 Å². The summed E-state index contributed by atoms with van der Waals surface area (Å²) >= 11 is 7.99. The zero-order chi connectivity index (χ0) is 15.5. The van der Waals surface area contributed by atoms with Gasteiger partial charge >= 0.3 is 6.36 Å². The normalized spacial score (nSPS) is 11.3. The van der Waals surface area contributed by atoms with Gasteiger partial charge in [0.2, 0.25) is 0 Å². The van der Waals surface area contributed by atoms with Crippen LogP contribution < -0.4 is 10.1 Å². The molecule has 0 aliphatic carbocycles. The van der Waals surface area contributed by atoms with Crippen LogP contribution in [0.1, 0.15) is 5.56 Å². The molecule has 0 radical (unpaired) electrons. The lowest BCUT2D eigenvalue weighted by molar-refractivity contribution is -0.274. The van der Waals surface area contributed by atoms with Gasteiger partial charge in [-0.1, -0.05) is 23.7 Å². The van der Waals surface area contributed by atoms with Gasteiger partial charge in [0.25, 0.3) is 0 Å². The van der Waals surface area contributed by atoms with Gasteiger partial charge in [-0.3, -0.25) is 0 Å². The molecule has 0 saturated heterocycles. The maximum atomic E-state index is 12.2. The first-order valence-corrected chi connectivity index (χ1v) is 7.33. The lowest BCUT2D eigenvalue weighted by Crippen LogP contribution is -2.17. The van der Waals surface area contributed by atoms with Gasteiger partial charge in [0.05, 0.1) is 0 Å². The van der Waals surface area contributed by atoms with Crippen molar-refractivity contribution in [3.63, 3.8) is 0 Å². The Kier molecular flexibility index (Phi) is 5.21. The minimum Gasteiger partial charge on any atom is -0.406 e. The van der Waals surface area contributed by atoms with Crippen LogP contribution in [0.15, 0.2) is 42.5 Å². The lowest BCUT2D eigenvalue weighted by Gasteiger charge is -2.12. The van der Waals surface area contributed by atoms with Crippen LogP contribution in [0.5, 0.6) is 5.75 Å². The Morgan fingerprint density at radius 1 is 1.14 bits per heavy atom. The van der Waals surface area contributed by atoms with Crippen LogP contribution in [0, 0.1) is 3.57 Å². The third kappa shape index (κ3) is 5.28. The van der Waals surface area contributed by atoms with Crippen molar-refractivity contribution < 1.29 is 17.9 Å². The summed E-state index contributed by atoms with van der Waals surface area (Å²) in [5, 5.41) is 3.77. The predicted octanol–water partition coefficient (Wildman–Crippen LogP) is 5.46. The van der Waals surface area contributed by atoms with Gasteiger partial charge in [0, 0.05) is 20.8 Å². The van der Waals surface area contributed by atoms with E-state index in [0.717, 1.165) is 9.26 Å². The van der Waals surface area contributed by atoms with E-state index in [0.29, 0.717) is 17.1 Å². The summed E-state index contributed by atoms with van der Waals surface area (Å²) in [4.78, 5) is 0. The van der Waals surface area contributed by atoms with E-state index in [4.69, 9.17) is 11.6 Å². The molecular formula is C14H10ClF3INO. The van der Waals surface area contributed by atoms with Gasteiger partial charge in [-0.15, -0.1) is 13.2 Å². The van der Waals surface area contributed by atoms with Crippen LogP contribution in [0.3, 0.4) is 0 Å². The molecule has 0 amide bonds. The molecule has 2 aromatic rings. The molecule has 7 heteroatoms. The minimum atomic E-state index is -4.68. The molecule has 0 unspecified atom stereocenters. The van der Waals surface area contributed by atoms with Gasteiger partial charge in [-0.05, 0) is 58.5 Å². The highest BCUT2D eigenvalue weighted by molar-refractivity contribution is 14.1. The largest absolute Gasteiger partial charge is 0.573 e. The summed E-state index contributed by atoms with van der Waals surface area (Å²) in [6.07, 6.45) is -4.68. The summed E-state index contributed by atoms with van der Waals surface area (Å²) in [5.41, 5.74) is 1.55. The maximum Gasteiger partial charge on any atom is 0.573 e. The van der Waals surface area contributed by atoms with E-state index in [1.54, 1.807) is 18.2 Å². The highest BCUT2D eigenvalue weighted by Gasteiger charge is 2.31. The molecule has 2 aromatic carbocycles. The summed E-state index contributed by atoms with van der Waals surface area (Å²) < 4.78 is 41.3. The fourth-order valence-corrected chi connectivity index (χ4v) is 2.74. The van der Waals surface area contributed by atoms with Crippen LogP contribution in [-0.4, -0.2) is 6.36 Å². The third-order valence-corrected chi connectivity index (χ3v) is 3.67. The second kappa shape index (κ2) is 6.74. The monoisotopic (exact) mass is 427 g/mol. The van der Waals surface area contributed by atoms with E-state index < -0.39 is 6.36 Å². The molecule has 0 spiro atoms. The quantitative estimate of drug-likeness (QED) is 0.655. The molecule has 21 heavy (non-hydrogen) atoms. The topological polar surface area (TPSA) is 21.3 Å². The molecule has 0 aromatic heterocycles. The zero-order valence-electron chi connectivity index (χ0n) is 10.5. The van der Waals surface area contributed by atoms with E-state index in [2.05, 4.69) is 32.6 Å². The number of halogens is 5. The van der Waals surface area contributed by atoms with E-state index in [9.17, 15) is 13.2 Å². The van der Waals surface area contributed by atoms with Crippen molar-refractivity contribution in [1.82, 2.24) is 0 Å². The van der Waals surface area contributed by atoms with Crippen molar-refractivity contribution in [2.45, 2.75) is 12.9 Å². The summed E-state index contributed by atoms with van der Waals surface area (Å²) in [6.45, 7) is 0.382. The third-order valence-electron chi connectivity index (χ3n) is 2.55. The van der Waals surface area contributed by atoms with Crippen molar-refractivity contribution >= 4 is 39.9 Å². The first kappa shape index (κ1) is 16.2. The lowest BCUT2D eigenvalue weighted by atomic mass is 10.2. The van der Waals surface area contributed by atoms with Crippen LogP contribution >= 0.6 is 34.2 Å². The Labute approximate surface area is 138 Å². The molecule has 0 aliphatic rings. The number of rotatable bonds is 4. The molecule has 0 saturated carbocycles. The number of ether oxygens (including phenoxy) is 1. The van der Waals surface area contributed by atoms with Gasteiger partial charge in [0.15, 0.2) is 0 Å². The molecule has 2 nitrogen and oxygen atoms in total. The van der Waals surface area contributed by atoms with E-state index in [1.165, 1.54) is 18.2 Å². The molecule has 1 N–H and O–H groups in total. The number of benzene rings is 2. The summed E-state index contributed by atoms with van der Waals surface area (Å²) in [7, 11) is 0. The second-order valence-electron chi connectivity index (χ2n) is 4.17. The number of nitrogens with one attached hydrogen (secondary N) is 1. The Morgan fingerprint density at radius 2 is 1.90 bits per heavy atom. The average Bonchev–Trinajstić information content (AvgIpc) is 2.36. The van der Waals surface area contributed by atoms with Crippen LogP contribution in [-0.2, 0) is 6.54 Å². The van der Waals surface area contributed by atoms with Gasteiger partial charge < -0.3 is 10.1 Å². The van der Waals surface area contributed by atoms with Gasteiger partial charge in [-0.2, -0.15) is 0 Å². The molecule has 0 fully saturated rings. The van der Waals surface area contributed by atoms with Gasteiger partial charge in [-0.25, -0.2) is 0 Å². The first-order chi connectivity index (χ1) is 9.83. The number of hydrogen-bond acceptors (Lipinski definition) is 2. The molecule has 0 bridgehead atoms. The first-order valence-electron chi connectivity index (χ1n) is 5.87. The van der Waals surface area contributed by atoms with E-state index in [-0.39, 0.29) is 5.75 Å². The highest BCUT2D eigenvalue weighted by Crippen LogP contribution is 2.25. The molecule has 0 atom stereocenters. The van der Waals surface area contributed by atoms with Gasteiger partial charge in [0.1, 0.15) is 5.75 Å². The second-order valence-corrected chi connectivity index (χ2v) is 5.77. The SMILES string of the molecule is FC(F)(F)Oc1cccc(CNc2ccc(Cl)cc2I)c1. The smallest absolute Gasteiger partial charge is 0.406 e. The number of hydrogen-bond donors (Lipinski definition) is 1. The molecule has 112 valence electrons. The molecule has 0 heterocycles. The fraction of sp³-hybridized carbons (Fsp3) is 0.143. The standard InChI is InChI=1S/C14H10ClF3INO/c15-10-4-5-13(12(19)7-10)20-8-9-2-1-3-11(6-9)21-14(16,17)18/h1-7,20H,8H2. The van der Waals surface area contributed by atoms with Crippen molar-refractivity contribution in [2.24, 2.45) is 0 Å². The van der Waals surface area contributed by atoms with Crippen LogP contribution in [0.25, 0.3) is 0 Å². The Hall–Kier alpha value is -1.15. The Morgan fingerprint density at radius 3 is 2.57 bits per heavy atom. The Bertz CT molecular complexity index is 634. The van der Waals surface area contributed by atoms with E-state index in [1.807, 2.05) is 6.07 Å². The average molecular weight is 428 g/mol. The van der Waals surface area contributed by atoms with E-state index >= 15 is 0 Å². The highest BCUT2D eigenvalue weighted by atomic mass is 127. The molecular weight excluding hydrogens is 418 g/mol. The molecule has 0 aliphatic heterocycles. The van der Waals surface area contributed by atoms with Crippen LogP contribution in [0.2, 0.25) is 5.02 Å². The minimum absolute atomic E-state index is 0.229. The maximum absolute atomic E-state index is 12.2. The summed E-state index contributed by atoms with van der Waals surface area (Å²) in [5.74, 6) is -0.229. The summed E-state index contributed by atoms with van der Waals surface area (Å²) in [6, 6.07) is 11.2. The fourth-order valence-electron chi connectivity index (χ4n) is 1.68. The number of alkyl halides is 3. The number of anilines is 1. The Balaban J connectivity index is 2.05. The predicted molar refractivity (Wildman–Crippen MR) is 84.6 cm³/mol.